The first kappa shape index (κ1) is 18.3. The van der Waals surface area contributed by atoms with Gasteiger partial charge >= 0.3 is 0 Å². The summed E-state index contributed by atoms with van der Waals surface area (Å²) in [6.45, 7) is 6.02. The molecule has 4 nitrogen and oxygen atoms in total. The van der Waals surface area contributed by atoms with Crippen molar-refractivity contribution >= 4 is 15.7 Å². The average Bonchev–Trinajstić information content (AvgIpc) is 2.93. The number of anilines is 1. The van der Waals surface area contributed by atoms with Gasteiger partial charge in [-0.1, -0.05) is 47.0 Å². The first-order valence-electron chi connectivity index (χ1n) is 9.28. The van der Waals surface area contributed by atoms with E-state index in [1.807, 2.05) is 43.3 Å². The molecule has 1 N–H and O–H groups in total. The minimum Gasteiger partial charge on any atom is -0.395 e. The molecule has 0 radical (unpaired) electrons. The number of hydrogen-bond acceptors (Lipinski definition) is 3. The lowest BCUT2D eigenvalue weighted by atomic mass is 9.67. The van der Waals surface area contributed by atoms with Gasteiger partial charge in [-0.05, 0) is 57.4 Å². The third kappa shape index (κ3) is 2.56. The zero-order valence-electron chi connectivity index (χ0n) is 15.9. The Hall–Kier alpha value is -2.11. The minimum absolute atomic E-state index is 0.0702. The predicted octanol–water partition coefficient (Wildman–Crippen LogP) is 3.93. The van der Waals surface area contributed by atoms with Crippen molar-refractivity contribution < 1.29 is 13.5 Å². The number of sulfonamides is 1. The Balaban J connectivity index is 1.94. The summed E-state index contributed by atoms with van der Waals surface area (Å²) in [5.74, 6) is 0. The van der Waals surface area contributed by atoms with Crippen molar-refractivity contribution in [1.82, 2.24) is 0 Å². The van der Waals surface area contributed by atoms with Crippen LogP contribution in [0.2, 0.25) is 0 Å². The van der Waals surface area contributed by atoms with Crippen LogP contribution < -0.4 is 4.31 Å². The van der Waals surface area contributed by atoms with E-state index in [1.54, 1.807) is 16.4 Å². The maximum atomic E-state index is 13.6. The second-order valence-corrected chi connectivity index (χ2v) is 9.72. The van der Waals surface area contributed by atoms with Crippen molar-refractivity contribution in [1.29, 1.82) is 0 Å². The van der Waals surface area contributed by atoms with Crippen molar-refractivity contribution in [2.45, 2.75) is 50.0 Å². The van der Waals surface area contributed by atoms with Crippen LogP contribution in [0.25, 0.3) is 0 Å². The topological polar surface area (TPSA) is 57.6 Å². The first-order chi connectivity index (χ1) is 12.8. The number of allylic oxidation sites excluding steroid dienone is 1. The highest BCUT2D eigenvalue weighted by atomic mass is 32.2. The zero-order chi connectivity index (χ0) is 19.4. The molecule has 1 heterocycles. The molecule has 2 aromatic carbocycles. The smallest absolute Gasteiger partial charge is 0.264 e. The Bertz CT molecular complexity index is 1020. The van der Waals surface area contributed by atoms with E-state index < -0.39 is 15.4 Å². The number of fused-ring (bicyclic) bond motifs is 3. The second kappa shape index (κ2) is 6.21. The van der Waals surface area contributed by atoms with Crippen LogP contribution in [-0.4, -0.2) is 26.2 Å². The molecule has 142 valence electrons. The summed E-state index contributed by atoms with van der Waals surface area (Å²) in [6, 6.07) is 14.3. The number of nitrogens with zero attached hydrogens (tertiary/aromatic N) is 1. The van der Waals surface area contributed by atoms with Crippen LogP contribution in [-0.2, 0) is 15.4 Å². The highest BCUT2D eigenvalue weighted by Gasteiger charge is 2.55. The highest BCUT2D eigenvalue weighted by Crippen LogP contribution is 2.54. The third-order valence-electron chi connectivity index (χ3n) is 6.27. The molecule has 4 rings (SSSR count). The molecule has 0 aromatic heterocycles. The van der Waals surface area contributed by atoms with Gasteiger partial charge in [0.2, 0.25) is 0 Å². The Morgan fingerprint density at radius 1 is 1.04 bits per heavy atom. The van der Waals surface area contributed by atoms with E-state index >= 15 is 0 Å². The quantitative estimate of drug-likeness (QED) is 0.817. The molecule has 5 heteroatoms. The maximum absolute atomic E-state index is 13.6. The van der Waals surface area contributed by atoms with Crippen LogP contribution in [0.15, 0.2) is 64.6 Å². The van der Waals surface area contributed by atoms with E-state index in [9.17, 15) is 13.5 Å². The van der Waals surface area contributed by atoms with Gasteiger partial charge in [0.15, 0.2) is 0 Å². The number of rotatable bonds is 3. The standard InChI is InChI=1S/C22H25NO3S/c1-15-8-10-18(11-9-15)27(25,26)23-20-7-5-4-6-19(20)22(14-24)13-17(3)16(2)12-21(22)23/h4-11,21,24H,12-14H2,1-3H3/t21-,22+/m1/s1. The molecule has 2 atom stereocenters. The Kier molecular flexibility index (Phi) is 4.20. The summed E-state index contributed by atoms with van der Waals surface area (Å²) in [5, 5.41) is 10.4. The van der Waals surface area contributed by atoms with Gasteiger partial charge in [-0.15, -0.1) is 0 Å². The number of aliphatic hydroxyl groups is 1. The van der Waals surface area contributed by atoms with E-state index in [0.29, 0.717) is 23.4 Å². The first-order valence-corrected chi connectivity index (χ1v) is 10.7. The summed E-state index contributed by atoms with van der Waals surface area (Å²) in [4.78, 5) is 0.292. The summed E-state index contributed by atoms with van der Waals surface area (Å²) in [6.07, 6.45) is 1.31. The SMILES string of the molecule is CC1=C(C)C[C@]2(CO)c3ccccc3N(S(=O)(=O)c3ccc(C)cc3)[C@@H]2C1. The van der Waals surface area contributed by atoms with Crippen LogP contribution in [0, 0.1) is 6.92 Å². The molecule has 0 fully saturated rings. The summed E-state index contributed by atoms with van der Waals surface area (Å²) < 4.78 is 28.8. The molecule has 0 spiro atoms. The van der Waals surface area contributed by atoms with Gasteiger partial charge in [-0.25, -0.2) is 8.42 Å². The number of aliphatic hydroxyl groups excluding tert-OH is 1. The van der Waals surface area contributed by atoms with Gasteiger partial charge in [0.1, 0.15) is 0 Å². The number of para-hydroxylation sites is 1. The van der Waals surface area contributed by atoms with E-state index in [0.717, 1.165) is 11.1 Å². The summed E-state index contributed by atoms with van der Waals surface area (Å²) in [5.41, 5.74) is 4.51. The van der Waals surface area contributed by atoms with Crippen LogP contribution >= 0.6 is 0 Å². The van der Waals surface area contributed by atoms with Crippen LogP contribution in [0.4, 0.5) is 5.69 Å². The predicted molar refractivity (Wildman–Crippen MR) is 107 cm³/mol. The number of hydrogen-bond donors (Lipinski definition) is 1. The van der Waals surface area contributed by atoms with Crippen molar-refractivity contribution in [3.63, 3.8) is 0 Å². The van der Waals surface area contributed by atoms with Crippen molar-refractivity contribution in [2.75, 3.05) is 10.9 Å². The lowest BCUT2D eigenvalue weighted by molar-refractivity contribution is 0.169. The fourth-order valence-electron chi connectivity index (χ4n) is 4.61. The summed E-state index contributed by atoms with van der Waals surface area (Å²) in [7, 11) is -3.73. The van der Waals surface area contributed by atoms with E-state index in [-0.39, 0.29) is 12.6 Å². The van der Waals surface area contributed by atoms with Gasteiger partial charge in [-0.3, -0.25) is 4.31 Å². The molecule has 27 heavy (non-hydrogen) atoms. The summed E-state index contributed by atoms with van der Waals surface area (Å²) >= 11 is 0. The van der Waals surface area contributed by atoms with E-state index in [1.165, 1.54) is 11.1 Å². The second-order valence-electron chi connectivity index (χ2n) is 7.90. The zero-order valence-corrected chi connectivity index (χ0v) is 16.8. The number of benzene rings is 2. The monoisotopic (exact) mass is 383 g/mol. The van der Waals surface area contributed by atoms with Gasteiger partial charge in [0.05, 0.1) is 23.2 Å². The van der Waals surface area contributed by atoms with Crippen molar-refractivity contribution in [2.24, 2.45) is 0 Å². The lowest BCUT2D eigenvalue weighted by Crippen LogP contribution is -2.51. The molecule has 2 aliphatic rings. The molecular weight excluding hydrogens is 358 g/mol. The Morgan fingerprint density at radius 2 is 1.70 bits per heavy atom. The molecule has 0 bridgehead atoms. The fourth-order valence-corrected chi connectivity index (χ4v) is 6.34. The van der Waals surface area contributed by atoms with E-state index in [2.05, 4.69) is 13.8 Å². The molecule has 0 unspecified atom stereocenters. The Morgan fingerprint density at radius 3 is 2.37 bits per heavy atom. The third-order valence-corrected chi connectivity index (χ3v) is 8.10. The van der Waals surface area contributed by atoms with Crippen molar-refractivity contribution in [3.05, 3.63) is 70.8 Å². The van der Waals surface area contributed by atoms with Crippen LogP contribution in [0.3, 0.4) is 0 Å². The highest BCUT2D eigenvalue weighted by molar-refractivity contribution is 7.92. The molecule has 0 amide bonds. The lowest BCUT2D eigenvalue weighted by Gasteiger charge is -2.42. The van der Waals surface area contributed by atoms with Crippen molar-refractivity contribution in [3.8, 4) is 0 Å². The Labute approximate surface area is 161 Å². The molecule has 0 saturated heterocycles. The average molecular weight is 384 g/mol. The molecule has 0 saturated carbocycles. The normalized spacial score (nSPS) is 24.7. The van der Waals surface area contributed by atoms with Gasteiger partial charge in [-0.2, -0.15) is 0 Å². The van der Waals surface area contributed by atoms with Gasteiger partial charge in [0.25, 0.3) is 10.0 Å². The van der Waals surface area contributed by atoms with Crippen LogP contribution in [0.1, 0.15) is 37.8 Å². The van der Waals surface area contributed by atoms with E-state index in [4.69, 9.17) is 0 Å². The largest absolute Gasteiger partial charge is 0.395 e. The molecule has 1 aliphatic carbocycles. The number of aryl methyl sites for hydroxylation is 1. The van der Waals surface area contributed by atoms with Crippen LogP contribution in [0.5, 0.6) is 0 Å². The molecule has 2 aromatic rings. The van der Waals surface area contributed by atoms with Gasteiger partial charge < -0.3 is 5.11 Å². The molecular formula is C22H25NO3S. The van der Waals surface area contributed by atoms with Gasteiger partial charge in [0, 0.05) is 5.41 Å². The maximum Gasteiger partial charge on any atom is 0.264 e. The minimum atomic E-state index is -3.73. The molecule has 1 aliphatic heterocycles. The fraction of sp³-hybridized carbons (Fsp3) is 0.364.